The van der Waals surface area contributed by atoms with E-state index in [-0.39, 0.29) is 0 Å². The van der Waals surface area contributed by atoms with Crippen molar-refractivity contribution in [2.24, 2.45) is 0 Å². The van der Waals surface area contributed by atoms with E-state index in [4.69, 9.17) is 13.7 Å². The molecule has 0 saturated carbocycles. The Balaban J connectivity index is 2.42. The quantitative estimate of drug-likeness (QED) is 0.832. The third kappa shape index (κ3) is 2.56. The van der Waals surface area contributed by atoms with Gasteiger partial charge in [0.2, 0.25) is 11.1 Å². The Hall–Kier alpha value is -1.44. The molecule has 1 N–H and O–H groups in total. The molecule has 3 atom stereocenters. The number of ether oxygens (including phenoxy) is 2. The van der Waals surface area contributed by atoms with Crippen LogP contribution in [0.15, 0.2) is 24.3 Å². The highest BCUT2D eigenvalue weighted by atomic mass is 32.2. The maximum absolute atomic E-state index is 11.9. The number of carbonyl (C=O) groups excluding carboxylic acids is 1. The van der Waals surface area contributed by atoms with Crippen LogP contribution in [0, 0.1) is 0 Å². The lowest BCUT2D eigenvalue weighted by Gasteiger charge is -2.36. The molecular formula is C14H18O6S. The van der Waals surface area contributed by atoms with Crippen LogP contribution in [0.2, 0.25) is 0 Å². The van der Waals surface area contributed by atoms with Gasteiger partial charge < -0.3 is 18.8 Å². The van der Waals surface area contributed by atoms with E-state index in [1.165, 1.54) is 13.4 Å². The van der Waals surface area contributed by atoms with E-state index in [9.17, 15) is 14.1 Å². The molecule has 21 heavy (non-hydrogen) atoms. The molecule has 0 spiro atoms. The number of benzene rings is 1. The lowest BCUT2D eigenvalue weighted by molar-refractivity contribution is -0.152. The topological polar surface area (TPSA) is 82.1 Å². The average molecular weight is 314 g/mol. The Morgan fingerprint density at radius 2 is 1.86 bits per heavy atom. The second-order valence-corrected chi connectivity index (χ2v) is 6.29. The summed E-state index contributed by atoms with van der Waals surface area (Å²) in [4.78, 5) is 11.9. The van der Waals surface area contributed by atoms with Gasteiger partial charge in [-0.15, -0.1) is 0 Å². The first kappa shape index (κ1) is 15.9. The van der Waals surface area contributed by atoms with E-state index in [2.05, 4.69) is 0 Å². The molecule has 116 valence electrons. The molecule has 1 fully saturated rings. The van der Waals surface area contributed by atoms with Crippen molar-refractivity contribution in [3.8, 4) is 5.75 Å². The van der Waals surface area contributed by atoms with Crippen molar-refractivity contribution in [1.29, 1.82) is 0 Å². The lowest BCUT2D eigenvalue weighted by atomic mass is 9.78. The van der Waals surface area contributed by atoms with Gasteiger partial charge in [-0.25, -0.2) is 9.00 Å². The predicted octanol–water partition coefficient (Wildman–Crippen LogP) is 0.897. The molecule has 0 radical (unpaired) electrons. The van der Waals surface area contributed by atoms with Crippen LogP contribution in [0.25, 0.3) is 0 Å². The van der Waals surface area contributed by atoms with Gasteiger partial charge in [0.1, 0.15) is 11.4 Å². The lowest BCUT2D eigenvalue weighted by Crippen LogP contribution is -2.50. The number of methoxy groups -OCH3 is 1. The zero-order valence-corrected chi connectivity index (χ0v) is 13.1. The molecule has 7 heteroatoms. The fourth-order valence-corrected chi connectivity index (χ4v) is 2.92. The van der Waals surface area contributed by atoms with Crippen LogP contribution >= 0.6 is 0 Å². The van der Waals surface area contributed by atoms with Crippen LogP contribution in [0.4, 0.5) is 0 Å². The normalized spacial score (nSPS) is 29.0. The molecule has 2 rings (SSSR count). The van der Waals surface area contributed by atoms with Gasteiger partial charge in [0.15, 0.2) is 11.7 Å². The summed E-state index contributed by atoms with van der Waals surface area (Å²) in [5.74, 6) is -0.208. The molecule has 0 bridgehead atoms. The number of esters is 1. The van der Waals surface area contributed by atoms with Gasteiger partial charge in [0.25, 0.3) is 0 Å². The molecule has 3 unspecified atom stereocenters. The Labute approximate surface area is 125 Å². The zero-order chi connectivity index (χ0) is 15.8. The highest BCUT2D eigenvalue weighted by Crippen LogP contribution is 2.45. The van der Waals surface area contributed by atoms with Crippen LogP contribution in [0.1, 0.15) is 19.4 Å². The van der Waals surface area contributed by atoms with Crippen LogP contribution in [-0.2, 0) is 30.9 Å². The smallest absolute Gasteiger partial charge is 0.339 e. The van der Waals surface area contributed by atoms with Gasteiger partial charge in [-0.3, -0.25) is 0 Å². The van der Waals surface area contributed by atoms with Gasteiger partial charge in [0.05, 0.1) is 0 Å². The van der Waals surface area contributed by atoms with Crippen molar-refractivity contribution in [3.63, 3.8) is 0 Å². The van der Waals surface area contributed by atoms with Crippen molar-refractivity contribution >= 4 is 17.0 Å². The maximum Gasteiger partial charge on any atom is 0.339 e. The molecule has 1 saturated heterocycles. The van der Waals surface area contributed by atoms with Crippen molar-refractivity contribution < 1.29 is 27.8 Å². The first-order chi connectivity index (χ1) is 9.72. The van der Waals surface area contributed by atoms with E-state index in [1.807, 2.05) is 0 Å². The molecule has 0 aromatic heterocycles. The predicted molar refractivity (Wildman–Crippen MR) is 76.0 cm³/mol. The summed E-state index contributed by atoms with van der Waals surface area (Å²) in [7, 11) is 1.34. The van der Waals surface area contributed by atoms with Gasteiger partial charge in [-0.2, -0.15) is 0 Å². The molecule has 0 amide bonds. The molecule has 1 aromatic rings. The third-order valence-corrected chi connectivity index (χ3v) is 4.04. The summed E-state index contributed by atoms with van der Waals surface area (Å²) in [5.41, 5.74) is -2.30. The van der Waals surface area contributed by atoms with Crippen molar-refractivity contribution in [2.45, 2.75) is 31.2 Å². The summed E-state index contributed by atoms with van der Waals surface area (Å²) in [6.07, 6.45) is 0.300. The maximum atomic E-state index is 11.9. The van der Waals surface area contributed by atoms with Gasteiger partial charge in [-0.05, 0) is 31.5 Å². The molecular weight excluding hydrogens is 296 g/mol. The molecule has 1 aliphatic rings. The third-order valence-electron chi connectivity index (χ3n) is 3.61. The van der Waals surface area contributed by atoms with Crippen LogP contribution < -0.4 is 4.18 Å². The summed E-state index contributed by atoms with van der Waals surface area (Å²) in [5, 5.41) is 11.0. The van der Waals surface area contributed by atoms with Crippen LogP contribution in [-0.4, -0.2) is 40.4 Å². The zero-order valence-electron chi connectivity index (χ0n) is 12.3. The minimum absolute atomic E-state index is 0.403. The fourth-order valence-electron chi connectivity index (χ4n) is 2.53. The number of cyclic esters (lactones) is 1. The Morgan fingerprint density at radius 3 is 2.33 bits per heavy atom. The SMILES string of the molecule is COC1C(=O)OC(C)(C)C1(O)c1ccc(OS(C)=O)cc1. The number of aliphatic hydroxyl groups is 1. The monoisotopic (exact) mass is 314 g/mol. The van der Waals surface area contributed by atoms with Gasteiger partial charge >= 0.3 is 5.97 Å². The van der Waals surface area contributed by atoms with Crippen molar-refractivity contribution in [2.75, 3.05) is 13.4 Å². The average Bonchev–Trinajstić information content (AvgIpc) is 2.55. The minimum Gasteiger partial charge on any atom is -0.454 e. The molecule has 1 heterocycles. The minimum atomic E-state index is -1.62. The summed E-state index contributed by atoms with van der Waals surface area (Å²) in [6, 6.07) is 6.33. The standard InChI is InChI=1S/C14H18O6S/c1-13(2)14(16,11(18-3)12(15)19-13)9-5-7-10(8-6-9)20-21(4)17/h5-8,11,16H,1-4H3. The van der Waals surface area contributed by atoms with Gasteiger partial charge in [0, 0.05) is 13.4 Å². The number of carbonyl (C=O) groups is 1. The second-order valence-electron chi connectivity index (χ2n) is 5.32. The van der Waals surface area contributed by atoms with E-state index in [1.54, 1.807) is 38.1 Å². The highest BCUT2D eigenvalue weighted by Gasteiger charge is 2.63. The van der Waals surface area contributed by atoms with Crippen molar-refractivity contribution in [1.82, 2.24) is 0 Å². The second kappa shape index (κ2) is 5.40. The van der Waals surface area contributed by atoms with E-state index < -0.39 is 34.4 Å². The van der Waals surface area contributed by atoms with Gasteiger partial charge in [-0.1, -0.05) is 12.1 Å². The summed E-state index contributed by atoms with van der Waals surface area (Å²) in [6.45, 7) is 3.24. The van der Waals surface area contributed by atoms with E-state index in [0.29, 0.717) is 11.3 Å². The summed E-state index contributed by atoms with van der Waals surface area (Å²) < 4.78 is 26.4. The number of hydrogen-bond donors (Lipinski definition) is 1. The Bertz CT molecular complexity index is 567. The Kier molecular flexibility index (Phi) is 4.10. The number of rotatable bonds is 4. The number of hydrogen-bond acceptors (Lipinski definition) is 6. The fraction of sp³-hybridized carbons (Fsp3) is 0.500. The first-order valence-corrected chi connectivity index (χ1v) is 7.81. The molecule has 0 aliphatic carbocycles. The molecule has 1 aliphatic heterocycles. The highest BCUT2D eigenvalue weighted by molar-refractivity contribution is 7.79. The largest absolute Gasteiger partial charge is 0.454 e. The molecule has 6 nitrogen and oxygen atoms in total. The van der Waals surface area contributed by atoms with Crippen molar-refractivity contribution in [3.05, 3.63) is 29.8 Å². The van der Waals surface area contributed by atoms with E-state index >= 15 is 0 Å². The Morgan fingerprint density at radius 1 is 1.29 bits per heavy atom. The molecule has 1 aromatic carbocycles. The van der Waals surface area contributed by atoms with Crippen LogP contribution in [0.5, 0.6) is 5.75 Å². The first-order valence-electron chi connectivity index (χ1n) is 6.32. The van der Waals surface area contributed by atoms with Crippen LogP contribution in [0.3, 0.4) is 0 Å². The van der Waals surface area contributed by atoms with E-state index in [0.717, 1.165) is 0 Å². The summed E-state index contributed by atoms with van der Waals surface area (Å²) >= 11 is -1.43.